The molecule has 1 atom stereocenters. The molecule has 0 saturated carbocycles. The lowest BCUT2D eigenvalue weighted by Gasteiger charge is -2.34. The largest absolute Gasteiger partial charge is 0.483 e. The molecule has 0 aliphatic carbocycles. The van der Waals surface area contributed by atoms with Crippen molar-refractivity contribution in [1.82, 2.24) is 10.2 Å². The zero-order valence-electron chi connectivity index (χ0n) is 22.3. The summed E-state index contributed by atoms with van der Waals surface area (Å²) in [6.07, 6.45) is 0.394. The van der Waals surface area contributed by atoms with Gasteiger partial charge in [-0.15, -0.1) is 0 Å². The van der Waals surface area contributed by atoms with Crippen molar-refractivity contribution < 1.29 is 14.3 Å². The Morgan fingerprint density at radius 3 is 2.22 bits per heavy atom. The Kier molecular flexibility index (Phi) is 9.93. The van der Waals surface area contributed by atoms with Gasteiger partial charge in [-0.05, 0) is 61.6 Å². The monoisotopic (exact) mass is 564 g/mol. The molecule has 0 fully saturated rings. The highest BCUT2D eigenvalue weighted by Crippen LogP contribution is 2.26. The van der Waals surface area contributed by atoms with Crippen LogP contribution in [0.25, 0.3) is 0 Å². The Bertz CT molecular complexity index is 1190. The maximum absolute atomic E-state index is 13.8. The Morgan fingerprint density at radius 1 is 0.919 bits per heavy atom. The summed E-state index contributed by atoms with van der Waals surface area (Å²) < 4.78 is 6.97. The number of hydrogen-bond donors (Lipinski definition) is 1. The zero-order chi connectivity index (χ0) is 27.0. The quantitative estimate of drug-likeness (QED) is 0.305. The number of nitrogens with zero attached hydrogens (tertiary/aromatic N) is 1. The van der Waals surface area contributed by atoms with Gasteiger partial charge in [-0.25, -0.2) is 0 Å². The van der Waals surface area contributed by atoms with Crippen LogP contribution in [0.1, 0.15) is 57.2 Å². The number of nitrogens with one attached hydrogen (secondary N) is 1. The molecule has 3 rings (SSSR count). The molecular weight excluding hydrogens is 528 g/mol. The van der Waals surface area contributed by atoms with Crippen LogP contribution in [0.3, 0.4) is 0 Å². The van der Waals surface area contributed by atoms with Gasteiger partial charge < -0.3 is 15.0 Å². The second-order valence-corrected chi connectivity index (χ2v) is 11.5. The molecule has 0 saturated heterocycles. The first-order chi connectivity index (χ1) is 17.5. The van der Waals surface area contributed by atoms with Crippen molar-refractivity contribution in [2.45, 2.75) is 65.1 Å². The van der Waals surface area contributed by atoms with Crippen LogP contribution in [-0.4, -0.2) is 34.9 Å². The fourth-order valence-electron chi connectivity index (χ4n) is 4.15. The SMILES string of the molecule is CC(C)c1ccccc1OCC(=O)N(Cc1cccc(Br)c1)[C@@H](Cc1ccccc1)C(=O)NC(C)(C)C. The molecule has 0 spiro atoms. The van der Waals surface area contributed by atoms with E-state index in [0.29, 0.717) is 12.2 Å². The number of benzene rings is 3. The number of carbonyl (C=O) groups excluding carboxylic acids is 2. The molecule has 3 aromatic carbocycles. The Labute approximate surface area is 229 Å². The molecule has 0 aromatic heterocycles. The number of ether oxygens (including phenoxy) is 1. The van der Waals surface area contributed by atoms with Crippen LogP contribution in [0, 0.1) is 0 Å². The zero-order valence-corrected chi connectivity index (χ0v) is 23.9. The van der Waals surface area contributed by atoms with Crippen LogP contribution in [0.5, 0.6) is 5.75 Å². The highest BCUT2D eigenvalue weighted by atomic mass is 79.9. The third-order valence-corrected chi connectivity index (χ3v) is 6.40. The molecule has 5 nitrogen and oxygen atoms in total. The summed E-state index contributed by atoms with van der Waals surface area (Å²) in [4.78, 5) is 29.1. The average Bonchev–Trinajstić information content (AvgIpc) is 2.84. The van der Waals surface area contributed by atoms with E-state index in [0.717, 1.165) is 21.2 Å². The van der Waals surface area contributed by atoms with Gasteiger partial charge in [0.15, 0.2) is 6.61 Å². The van der Waals surface area contributed by atoms with Gasteiger partial charge in [0.2, 0.25) is 5.91 Å². The molecule has 0 bridgehead atoms. The fraction of sp³-hybridized carbons (Fsp3) is 0.355. The summed E-state index contributed by atoms with van der Waals surface area (Å²) in [7, 11) is 0. The normalized spacial score (nSPS) is 12.2. The third-order valence-electron chi connectivity index (χ3n) is 5.90. The first-order valence-corrected chi connectivity index (χ1v) is 13.4. The van der Waals surface area contributed by atoms with Gasteiger partial charge >= 0.3 is 0 Å². The van der Waals surface area contributed by atoms with Crippen LogP contribution in [0.4, 0.5) is 0 Å². The topological polar surface area (TPSA) is 58.6 Å². The molecule has 196 valence electrons. The smallest absolute Gasteiger partial charge is 0.261 e. The number of amides is 2. The minimum Gasteiger partial charge on any atom is -0.483 e. The van der Waals surface area contributed by atoms with Crippen LogP contribution in [-0.2, 0) is 22.6 Å². The molecule has 37 heavy (non-hydrogen) atoms. The second-order valence-electron chi connectivity index (χ2n) is 10.6. The van der Waals surface area contributed by atoms with Crippen molar-refractivity contribution in [3.63, 3.8) is 0 Å². The Hall–Kier alpha value is -3.12. The number of hydrogen-bond acceptors (Lipinski definition) is 3. The van der Waals surface area contributed by atoms with Gasteiger partial charge in [-0.3, -0.25) is 9.59 Å². The Balaban J connectivity index is 1.95. The minimum absolute atomic E-state index is 0.161. The maximum atomic E-state index is 13.8. The number of halogens is 1. The lowest BCUT2D eigenvalue weighted by atomic mass is 10.0. The van der Waals surface area contributed by atoms with E-state index in [2.05, 4.69) is 35.1 Å². The van der Waals surface area contributed by atoms with E-state index in [1.807, 2.05) is 99.6 Å². The van der Waals surface area contributed by atoms with Crippen LogP contribution in [0.15, 0.2) is 83.3 Å². The summed E-state index contributed by atoms with van der Waals surface area (Å²) in [6, 6.07) is 24.6. The molecular formula is C31H37BrN2O3. The first kappa shape index (κ1) is 28.5. The van der Waals surface area contributed by atoms with Crippen LogP contribution < -0.4 is 10.1 Å². The van der Waals surface area contributed by atoms with Crippen molar-refractivity contribution >= 4 is 27.7 Å². The van der Waals surface area contributed by atoms with Gasteiger partial charge in [0.05, 0.1) is 0 Å². The maximum Gasteiger partial charge on any atom is 0.261 e. The van der Waals surface area contributed by atoms with Crippen molar-refractivity contribution in [2.75, 3.05) is 6.61 Å². The second kappa shape index (κ2) is 12.9. The summed E-state index contributed by atoms with van der Waals surface area (Å²) in [5, 5.41) is 3.09. The van der Waals surface area contributed by atoms with Gasteiger partial charge in [0.25, 0.3) is 5.91 Å². The van der Waals surface area contributed by atoms with E-state index >= 15 is 0 Å². The van der Waals surface area contributed by atoms with Crippen molar-refractivity contribution in [1.29, 1.82) is 0 Å². The third kappa shape index (κ3) is 8.74. The highest BCUT2D eigenvalue weighted by molar-refractivity contribution is 9.10. The van der Waals surface area contributed by atoms with E-state index < -0.39 is 11.6 Å². The lowest BCUT2D eigenvalue weighted by molar-refractivity contribution is -0.143. The van der Waals surface area contributed by atoms with Gasteiger partial charge in [-0.2, -0.15) is 0 Å². The molecule has 0 aliphatic rings. The van der Waals surface area contributed by atoms with Gasteiger partial charge in [0, 0.05) is 23.0 Å². The standard InChI is InChI=1S/C31H37BrN2O3/c1-22(2)26-16-9-10-17-28(26)37-21-29(35)34(20-24-14-11-15-25(32)18-24)27(30(36)33-31(3,4)5)19-23-12-7-6-8-13-23/h6-18,22,27H,19-21H2,1-5H3,(H,33,36)/t27-/m0/s1. The molecule has 0 unspecified atom stereocenters. The molecule has 1 N–H and O–H groups in total. The Morgan fingerprint density at radius 2 is 1.57 bits per heavy atom. The fourth-order valence-corrected chi connectivity index (χ4v) is 4.60. The summed E-state index contributed by atoms with van der Waals surface area (Å²) in [6.45, 7) is 10.1. The number of carbonyl (C=O) groups is 2. The minimum atomic E-state index is -0.711. The van der Waals surface area contributed by atoms with Crippen molar-refractivity contribution in [2.24, 2.45) is 0 Å². The predicted molar refractivity (Wildman–Crippen MR) is 153 cm³/mol. The summed E-state index contributed by atoms with van der Waals surface area (Å²) in [5.74, 6) is 0.505. The molecule has 6 heteroatoms. The predicted octanol–water partition coefficient (Wildman–Crippen LogP) is 6.51. The average molecular weight is 566 g/mol. The molecule has 0 aliphatic heterocycles. The number of para-hydroxylation sites is 1. The summed E-state index contributed by atoms with van der Waals surface area (Å²) >= 11 is 3.52. The van der Waals surface area contributed by atoms with Crippen molar-refractivity contribution in [3.05, 3.63) is 100 Å². The molecule has 0 heterocycles. The van der Waals surface area contributed by atoms with E-state index in [4.69, 9.17) is 4.74 Å². The molecule has 2 amide bonds. The van der Waals surface area contributed by atoms with Gasteiger partial charge in [0.1, 0.15) is 11.8 Å². The van der Waals surface area contributed by atoms with Crippen LogP contribution in [0.2, 0.25) is 0 Å². The molecule has 0 radical (unpaired) electrons. The molecule has 3 aromatic rings. The van der Waals surface area contributed by atoms with Crippen molar-refractivity contribution in [3.8, 4) is 5.75 Å². The first-order valence-electron chi connectivity index (χ1n) is 12.6. The van der Waals surface area contributed by atoms with E-state index in [1.165, 1.54) is 0 Å². The lowest BCUT2D eigenvalue weighted by Crippen LogP contribution is -2.55. The number of rotatable bonds is 10. The van der Waals surface area contributed by atoms with Crippen LogP contribution >= 0.6 is 15.9 Å². The van der Waals surface area contributed by atoms with E-state index in [9.17, 15) is 9.59 Å². The highest BCUT2D eigenvalue weighted by Gasteiger charge is 2.32. The van der Waals surface area contributed by atoms with E-state index in [-0.39, 0.29) is 30.9 Å². The summed E-state index contributed by atoms with van der Waals surface area (Å²) in [5.41, 5.74) is 2.50. The van der Waals surface area contributed by atoms with E-state index in [1.54, 1.807) is 4.90 Å². The van der Waals surface area contributed by atoms with Gasteiger partial charge in [-0.1, -0.05) is 90.4 Å².